The molecule has 1 atom stereocenters. The van der Waals surface area contributed by atoms with Crippen LogP contribution in [0.3, 0.4) is 0 Å². The lowest BCUT2D eigenvalue weighted by molar-refractivity contribution is -0.153. The fourth-order valence-electron chi connectivity index (χ4n) is 3.65. The minimum Gasteiger partial charge on any atom is -0.483 e. The third-order valence-electron chi connectivity index (χ3n) is 5.70. The number of nitrogens with one attached hydrogen (secondary N) is 1. The summed E-state index contributed by atoms with van der Waals surface area (Å²) in [5, 5.41) is 10.6. The van der Waals surface area contributed by atoms with Crippen LogP contribution >= 0.6 is 0 Å². The van der Waals surface area contributed by atoms with Crippen LogP contribution in [-0.2, 0) is 15.4 Å². The van der Waals surface area contributed by atoms with Gasteiger partial charge in [0, 0.05) is 0 Å². The zero-order valence-electron chi connectivity index (χ0n) is 19.2. The van der Waals surface area contributed by atoms with E-state index in [9.17, 15) is 31.1 Å². The van der Waals surface area contributed by atoms with E-state index in [1.807, 2.05) is 4.72 Å². The van der Waals surface area contributed by atoms with E-state index >= 15 is 0 Å². The first-order chi connectivity index (χ1) is 16.1. The highest BCUT2D eigenvalue weighted by Crippen LogP contribution is 2.42. The standard InChI is InChI=1S/C24H25F4NO5S/c1-23(2,3)15-6-7-18(33-12-24(26,27)28)21(10-15)35(31,32)29-22(30)20-11-16-17(25)8-14(13-4-5-13)9-19(16)34-20/h6-11,13,22,29-30H,4-5,12H2,1-3H3. The predicted molar refractivity (Wildman–Crippen MR) is 120 cm³/mol. The summed E-state index contributed by atoms with van der Waals surface area (Å²) in [5.41, 5.74) is 0.909. The zero-order valence-corrected chi connectivity index (χ0v) is 20.1. The molecule has 35 heavy (non-hydrogen) atoms. The van der Waals surface area contributed by atoms with Crippen LogP contribution in [0.25, 0.3) is 11.0 Å². The van der Waals surface area contributed by atoms with Gasteiger partial charge in [-0.05, 0) is 65.6 Å². The number of aliphatic hydroxyl groups is 1. The Morgan fingerprint density at radius 3 is 2.43 bits per heavy atom. The molecule has 1 aromatic heterocycles. The zero-order chi connectivity index (χ0) is 25.8. The first-order valence-corrected chi connectivity index (χ1v) is 12.4. The SMILES string of the molecule is CC(C)(C)c1ccc(OCC(F)(F)F)c(S(=O)(=O)NC(O)c2cc3c(F)cc(C4CC4)cc3o2)c1. The maximum Gasteiger partial charge on any atom is 0.422 e. The van der Waals surface area contributed by atoms with Crippen molar-refractivity contribution in [2.24, 2.45) is 0 Å². The highest BCUT2D eigenvalue weighted by Gasteiger charge is 2.32. The number of ether oxygens (including phenoxy) is 1. The normalized spacial score (nSPS) is 16.0. The molecule has 0 spiro atoms. The van der Waals surface area contributed by atoms with Crippen molar-refractivity contribution in [3.05, 3.63) is 59.1 Å². The Morgan fingerprint density at radius 1 is 1.14 bits per heavy atom. The summed E-state index contributed by atoms with van der Waals surface area (Å²) in [7, 11) is -4.59. The van der Waals surface area contributed by atoms with Crippen LogP contribution in [-0.4, -0.2) is 26.3 Å². The number of furan rings is 1. The molecule has 3 aromatic rings. The molecule has 2 aromatic carbocycles. The molecule has 0 aliphatic heterocycles. The third-order valence-corrected chi connectivity index (χ3v) is 7.14. The highest BCUT2D eigenvalue weighted by molar-refractivity contribution is 7.89. The van der Waals surface area contributed by atoms with Gasteiger partial charge < -0.3 is 14.3 Å². The lowest BCUT2D eigenvalue weighted by Gasteiger charge is -2.22. The van der Waals surface area contributed by atoms with Gasteiger partial charge in [-0.3, -0.25) is 0 Å². The van der Waals surface area contributed by atoms with Crippen LogP contribution in [0.5, 0.6) is 5.75 Å². The summed E-state index contributed by atoms with van der Waals surface area (Å²) in [4.78, 5) is -0.577. The molecule has 190 valence electrons. The fourth-order valence-corrected chi connectivity index (χ4v) is 4.87. The monoisotopic (exact) mass is 515 g/mol. The van der Waals surface area contributed by atoms with Crippen LogP contribution in [0.4, 0.5) is 17.6 Å². The Labute approximate surface area is 199 Å². The molecule has 4 rings (SSSR count). The quantitative estimate of drug-likeness (QED) is 0.313. The molecule has 2 N–H and O–H groups in total. The van der Waals surface area contributed by atoms with E-state index in [1.165, 1.54) is 24.3 Å². The molecule has 11 heteroatoms. The summed E-state index contributed by atoms with van der Waals surface area (Å²) in [6.45, 7) is 3.71. The van der Waals surface area contributed by atoms with E-state index in [0.717, 1.165) is 24.5 Å². The minimum atomic E-state index is -4.69. The van der Waals surface area contributed by atoms with Crippen molar-refractivity contribution in [3.63, 3.8) is 0 Å². The van der Waals surface area contributed by atoms with Gasteiger partial charge >= 0.3 is 6.18 Å². The van der Waals surface area contributed by atoms with Gasteiger partial charge in [-0.2, -0.15) is 17.9 Å². The third kappa shape index (κ3) is 5.79. The van der Waals surface area contributed by atoms with Crippen LogP contribution in [0.2, 0.25) is 0 Å². The average molecular weight is 516 g/mol. The van der Waals surface area contributed by atoms with Gasteiger partial charge in [-0.1, -0.05) is 26.8 Å². The van der Waals surface area contributed by atoms with Gasteiger partial charge in [0.25, 0.3) is 0 Å². The molecule has 0 amide bonds. The van der Waals surface area contributed by atoms with Gasteiger partial charge in [0.2, 0.25) is 10.0 Å². The Balaban J connectivity index is 1.66. The molecule has 1 fully saturated rings. The van der Waals surface area contributed by atoms with Gasteiger partial charge in [-0.15, -0.1) is 0 Å². The van der Waals surface area contributed by atoms with Crippen molar-refractivity contribution >= 4 is 21.0 Å². The number of fused-ring (bicyclic) bond motifs is 1. The van der Waals surface area contributed by atoms with Crippen LogP contribution in [0.1, 0.15) is 62.6 Å². The Bertz CT molecular complexity index is 1350. The number of rotatable bonds is 7. The van der Waals surface area contributed by atoms with E-state index in [-0.39, 0.29) is 22.6 Å². The number of alkyl halides is 3. The molecule has 0 bridgehead atoms. The van der Waals surface area contributed by atoms with Crippen molar-refractivity contribution in [2.45, 2.75) is 62.2 Å². The van der Waals surface area contributed by atoms with E-state index in [2.05, 4.69) is 0 Å². The number of hydrogen-bond acceptors (Lipinski definition) is 5. The van der Waals surface area contributed by atoms with Crippen LogP contribution in [0, 0.1) is 5.82 Å². The van der Waals surface area contributed by atoms with Crippen LogP contribution < -0.4 is 9.46 Å². The largest absolute Gasteiger partial charge is 0.483 e. The van der Waals surface area contributed by atoms with E-state index in [4.69, 9.17) is 9.15 Å². The summed E-state index contributed by atoms with van der Waals surface area (Å²) in [5.74, 6) is -1.11. The number of aliphatic hydroxyl groups excluding tert-OH is 1. The van der Waals surface area contributed by atoms with E-state index < -0.39 is 50.9 Å². The molecule has 1 aliphatic rings. The summed E-state index contributed by atoms with van der Waals surface area (Å²) < 4.78 is 91.2. The second-order valence-corrected chi connectivity index (χ2v) is 11.4. The smallest absolute Gasteiger partial charge is 0.422 e. The fraction of sp³-hybridized carbons (Fsp3) is 0.417. The molecule has 0 radical (unpaired) electrons. The van der Waals surface area contributed by atoms with E-state index in [0.29, 0.717) is 5.56 Å². The molecular formula is C24H25F4NO5S. The Kier molecular flexibility index (Phi) is 6.40. The molecule has 1 aliphatic carbocycles. The summed E-state index contributed by atoms with van der Waals surface area (Å²) >= 11 is 0. The van der Waals surface area contributed by atoms with Crippen molar-refractivity contribution in [1.29, 1.82) is 0 Å². The van der Waals surface area contributed by atoms with Crippen molar-refractivity contribution in [2.75, 3.05) is 6.61 Å². The molecule has 1 unspecified atom stereocenters. The summed E-state index contributed by atoms with van der Waals surface area (Å²) in [6.07, 6.45) is -4.74. The topological polar surface area (TPSA) is 88.8 Å². The van der Waals surface area contributed by atoms with Gasteiger partial charge in [0.1, 0.15) is 27.8 Å². The second-order valence-electron chi connectivity index (χ2n) is 9.68. The number of sulfonamides is 1. The Morgan fingerprint density at radius 2 is 1.83 bits per heavy atom. The molecular weight excluding hydrogens is 490 g/mol. The Hall–Kier alpha value is -2.63. The van der Waals surface area contributed by atoms with Gasteiger partial charge in [0.15, 0.2) is 12.8 Å². The molecule has 0 saturated heterocycles. The molecule has 1 heterocycles. The highest BCUT2D eigenvalue weighted by atomic mass is 32.2. The maximum atomic E-state index is 14.5. The average Bonchev–Trinajstić information content (AvgIpc) is 3.49. The second kappa shape index (κ2) is 8.79. The minimum absolute atomic E-state index is 0.0755. The van der Waals surface area contributed by atoms with Crippen LogP contribution in [0.15, 0.2) is 45.7 Å². The summed E-state index contributed by atoms with van der Waals surface area (Å²) in [6, 6.07) is 8.03. The number of hydrogen-bond donors (Lipinski definition) is 2. The maximum absolute atomic E-state index is 14.5. The van der Waals surface area contributed by atoms with Crippen molar-refractivity contribution < 1.29 is 40.2 Å². The number of halogens is 4. The van der Waals surface area contributed by atoms with E-state index in [1.54, 1.807) is 26.8 Å². The first kappa shape index (κ1) is 25.5. The van der Waals surface area contributed by atoms with Crippen molar-refractivity contribution in [1.82, 2.24) is 4.72 Å². The van der Waals surface area contributed by atoms with Gasteiger partial charge in [-0.25, -0.2) is 12.8 Å². The molecule has 6 nitrogen and oxygen atoms in total. The predicted octanol–water partition coefficient (Wildman–Crippen LogP) is 5.66. The molecule has 1 saturated carbocycles. The van der Waals surface area contributed by atoms with Crippen molar-refractivity contribution in [3.8, 4) is 5.75 Å². The van der Waals surface area contributed by atoms with Gasteiger partial charge in [0.05, 0.1) is 5.39 Å². The lowest BCUT2D eigenvalue weighted by Crippen LogP contribution is -2.29. The lowest BCUT2D eigenvalue weighted by atomic mass is 9.87. The number of benzene rings is 2. The first-order valence-electron chi connectivity index (χ1n) is 10.9.